The van der Waals surface area contributed by atoms with Gasteiger partial charge in [0.05, 0.1) is 6.04 Å². The molecule has 3 atom stereocenters. The number of carbonyl (C=O) groups excluding carboxylic acids is 1. The zero-order valence-corrected chi connectivity index (χ0v) is 14.7. The summed E-state index contributed by atoms with van der Waals surface area (Å²) in [5, 5.41) is 3.69. The number of amides is 1. The van der Waals surface area contributed by atoms with Crippen molar-refractivity contribution in [1.82, 2.24) is 5.32 Å². The minimum atomic E-state index is -0.789. The van der Waals surface area contributed by atoms with Crippen LogP contribution in [0.5, 0.6) is 0 Å². The summed E-state index contributed by atoms with van der Waals surface area (Å²) in [6.45, 7) is 5.98. The molecule has 5 heteroatoms. The van der Waals surface area contributed by atoms with Gasteiger partial charge in [0, 0.05) is 16.9 Å². The molecule has 0 saturated heterocycles. The molecule has 1 N–H and O–H groups in total. The highest BCUT2D eigenvalue weighted by molar-refractivity contribution is 6.52. The maximum Gasteiger partial charge on any atom is 0.221 e. The van der Waals surface area contributed by atoms with E-state index in [1.54, 1.807) is 0 Å². The fraction of sp³-hybridized carbons (Fsp3) is 0.562. The maximum atomic E-state index is 12.3. The molecule has 0 radical (unpaired) electrons. The molecule has 1 saturated carbocycles. The van der Waals surface area contributed by atoms with Crippen LogP contribution in [0.3, 0.4) is 0 Å². The summed E-state index contributed by atoms with van der Waals surface area (Å²) in [7, 11) is 0. The Morgan fingerprint density at radius 2 is 1.86 bits per heavy atom. The largest absolute Gasteiger partial charge is 0.350 e. The highest BCUT2D eigenvalue weighted by Crippen LogP contribution is 2.72. The normalized spacial score (nSPS) is 28.0. The van der Waals surface area contributed by atoms with Crippen LogP contribution in [-0.4, -0.2) is 10.2 Å². The van der Waals surface area contributed by atoms with E-state index in [1.165, 1.54) is 0 Å². The highest BCUT2D eigenvalue weighted by Gasteiger charge is 2.72. The van der Waals surface area contributed by atoms with Crippen LogP contribution in [0.4, 0.5) is 0 Å². The molecule has 0 aromatic heterocycles. The van der Waals surface area contributed by atoms with Crippen LogP contribution in [0.15, 0.2) is 24.3 Å². The molecule has 0 bridgehead atoms. The summed E-state index contributed by atoms with van der Waals surface area (Å²) in [6, 6.07) is 7.39. The van der Waals surface area contributed by atoms with Gasteiger partial charge in [-0.05, 0) is 37.0 Å². The SMILES string of the molecule is CCC1(CC(=O)NC(C)c2ccc(Cl)cc2)C(C)C1(Cl)Cl. The molecule has 2 nitrogen and oxygen atoms in total. The van der Waals surface area contributed by atoms with Gasteiger partial charge in [0.25, 0.3) is 0 Å². The second kappa shape index (κ2) is 5.98. The number of alkyl halides is 2. The van der Waals surface area contributed by atoms with Gasteiger partial charge in [0.2, 0.25) is 5.91 Å². The third-order valence-corrected chi connectivity index (χ3v) is 6.47. The van der Waals surface area contributed by atoms with Gasteiger partial charge in [-0.1, -0.05) is 37.6 Å². The molecule has 0 spiro atoms. The van der Waals surface area contributed by atoms with Crippen molar-refractivity contribution in [3.8, 4) is 0 Å². The van der Waals surface area contributed by atoms with Crippen molar-refractivity contribution in [3.63, 3.8) is 0 Å². The lowest BCUT2D eigenvalue weighted by Gasteiger charge is -2.19. The second-order valence-corrected chi connectivity index (χ2v) is 7.69. The zero-order valence-electron chi connectivity index (χ0n) is 12.4. The Kier molecular flexibility index (Phi) is 4.82. The van der Waals surface area contributed by atoms with Crippen LogP contribution in [0, 0.1) is 11.3 Å². The van der Waals surface area contributed by atoms with Gasteiger partial charge in [0.1, 0.15) is 4.33 Å². The van der Waals surface area contributed by atoms with Crippen LogP contribution in [0.25, 0.3) is 0 Å². The lowest BCUT2D eigenvalue weighted by atomic mass is 9.95. The third-order valence-electron chi connectivity index (χ3n) is 4.81. The van der Waals surface area contributed by atoms with E-state index in [4.69, 9.17) is 34.8 Å². The van der Waals surface area contributed by atoms with E-state index in [9.17, 15) is 4.79 Å². The van der Waals surface area contributed by atoms with Gasteiger partial charge in [0.15, 0.2) is 0 Å². The van der Waals surface area contributed by atoms with Crippen molar-refractivity contribution in [2.45, 2.75) is 44.0 Å². The van der Waals surface area contributed by atoms with E-state index in [-0.39, 0.29) is 23.3 Å². The molecule has 21 heavy (non-hydrogen) atoms. The lowest BCUT2D eigenvalue weighted by molar-refractivity contribution is -0.123. The molecule has 3 unspecified atom stereocenters. The summed E-state index contributed by atoms with van der Waals surface area (Å²) in [6.07, 6.45) is 1.15. The van der Waals surface area contributed by atoms with E-state index in [0.717, 1.165) is 12.0 Å². The molecule has 1 amide bonds. The van der Waals surface area contributed by atoms with Crippen molar-refractivity contribution in [1.29, 1.82) is 0 Å². The standard InChI is InChI=1S/C16H20Cl3NO/c1-4-15(11(3)16(15,18)19)9-14(21)20-10(2)12-5-7-13(17)8-6-12/h5-8,10-11H,4,9H2,1-3H3,(H,20,21). The average molecular weight is 349 g/mol. The first kappa shape index (κ1) is 16.9. The number of halogens is 3. The lowest BCUT2D eigenvalue weighted by Crippen LogP contribution is -2.30. The van der Waals surface area contributed by atoms with E-state index in [0.29, 0.717) is 11.4 Å². The summed E-state index contributed by atoms with van der Waals surface area (Å²) >= 11 is 18.5. The molecular weight excluding hydrogens is 329 g/mol. The van der Waals surface area contributed by atoms with Gasteiger partial charge in [-0.2, -0.15) is 0 Å². The Hall–Kier alpha value is -0.440. The number of hydrogen-bond donors (Lipinski definition) is 1. The Morgan fingerprint density at radius 3 is 2.29 bits per heavy atom. The molecule has 1 aliphatic rings. The molecule has 0 aliphatic heterocycles. The Bertz CT molecular complexity index is 529. The van der Waals surface area contributed by atoms with Crippen LogP contribution >= 0.6 is 34.8 Å². The molecular formula is C16H20Cl3NO. The van der Waals surface area contributed by atoms with Crippen molar-refractivity contribution in [3.05, 3.63) is 34.9 Å². The van der Waals surface area contributed by atoms with Crippen LogP contribution in [-0.2, 0) is 4.79 Å². The number of nitrogens with one attached hydrogen (secondary N) is 1. The van der Waals surface area contributed by atoms with Crippen LogP contribution < -0.4 is 5.32 Å². The van der Waals surface area contributed by atoms with Crippen LogP contribution in [0.2, 0.25) is 5.02 Å². The van der Waals surface area contributed by atoms with Gasteiger partial charge in [-0.15, -0.1) is 23.2 Å². The summed E-state index contributed by atoms with van der Waals surface area (Å²) < 4.78 is -0.789. The predicted molar refractivity (Wildman–Crippen MR) is 89.0 cm³/mol. The topological polar surface area (TPSA) is 29.1 Å². The first-order chi connectivity index (χ1) is 9.74. The monoisotopic (exact) mass is 347 g/mol. The summed E-state index contributed by atoms with van der Waals surface area (Å²) in [5.41, 5.74) is 0.713. The second-order valence-electron chi connectivity index (χ2n) is 5.87. The predicted octanol–water partition coefficient (Wildman–Crippen LogP) is 5.13. The van der Waals surface area contributed by atoms with Crippen LogP contribution in [0.1, 0.15) is 45.2 Å². The smallest absolute Gasteiger partial charge is 0.221 e. The van der Waals surface area contributed by atoms with Gasteiger partial charge < -0.3 is 5.32 Å². The molecule has 2 rings (SSSR count). The molecule has 1 fully saturated rings. The quantitative estimate of drug-likeness (QED) is 0.734. The molecule has 1 aromatic carbocycles. The zero-order chi connectivity index (χ0) is 15.8. The number of carbonyl (C=O) groups is 1. The van der Waals surface area contributed by atoms with Crippen molar-refractivity contribution < 1.29 is 4.79 Å². The minimum Gasteiger partial charge on any atom is -0.350 e. The average Bonchev–Trinajstić information content (AvgIpc) is 2.84. The Morgan fingerprint density at radius 1 is 1.33 bits per heavy atom. The third kappa shape index (κ3) is 3.04. The van der Waals surface area contributed by atoms with Gasteiger partial charge in [-0.3, -0.25) is 4.79 Å². The maximum absolute atomic E-state index is 12.3. The van der Waals surface area contributed by atoms with E-state index in [2.05, 4.69) is 5.32 Å². The molecule has 1 aromatic rings. The number of hydrogen-bond acceptors (Lipinski definition) is 1. The Balaban J connectivity index is 1.98. The highest BCUT2D eigenvalue weighted by atomic mass is 35.5. The molecule has 116 valence electrons. The van der Waals surface area contributed by atoms with Crippen molar-refractivity contribution in [2.24, 2.45) is 11.3 Å². The molecule has 1 aliphatic carbocycles. The first-order valence-electron chi connectivity index (χ1n) is 7.17. The first-order valence-corrected chi connectivity index (χ1v) is 8.30. The van der Waals surface area contributed by atoms with Gasteiger partial charge in [-0.25, -0.2) is 0 Å². The fourth-order valence-electron chi connectivity index (χ4n) is 3.06. The Labute approximate surface area is 141 Å². The summed E-state index contributed by atoms with van der Waals surface area (Å²) in [4.78, 5) is 12.3. The van der Waals surface area contributed by atoms with Gasteiger partial charge >= 0.3 is 0 Å². The van der Waals surface area contributed by atoms with Crippen molar-refractivity contribution in [2.75, 3.05) is 0 Å². The number of rotatable bonds is 5. The van der Waals surface area contributed by atoms with E-state index in [1.807, 2.05) is 45.0 Å². The summed E-state index contributed by atoms with van der Waals surface area (Å²) in [5.74, 6) is 0.115. The van der Waals surface area contributed by atoms with E-state index < -0.39 is 4.33 Å². The number of benzene rings is 1. The van der Waals surface area contributed by atoms with E-state index >= 15 is 0 Å². The molecule has 0 heterocycles. The van der Waals surface area contributed by atoms with Crippen molar-refractivity contribution >= 4 is 40.7 Å². The minimum absolute atomic E-state index is 0.0191. The fourth-order valence-corrected chi connectivity index (χ4v) is 4.22.